The average Bonchev–Trinajstić information content (AvgIpc) is 2.07. The van der Waals surface area contributed by atoms with Gasteiger partial charge < -0.3 is 0 Å². The van der Waals surface area contributed by atoms with Crippen molar-refractivity contribution in [3.05, 3.63) is 29.0 Å². The molecule has 0 radical (unpaired) electrons. The Morgan fingerprint density at radius 3 is 2.57 bits per heavy atom. The first-order chi connectivity index (χ1) is 6.46. The van der Waals surface area contributed by atoms with Gasteiger partial charge in [-0.05, 0) is 17.5 Å². The van der Waals surface area contributed by atoms with E-state index < -0.39 is 0 Å². The van der Waals surface area contributed by atoms with E-state index >= 15 is 0 Å². The van der Waals surface area contributed by atoms with Gasteiger partial charge in [-0.15, -0.1) is 0 Å². The highest BCUT2D eigenvalue weighted by Crippen LogP contribution is 2.33. The average molecular weight is 214 g/mol. The van der Waals surface area contributed by atoms with Crippen molar-refractivity contribution in [2.75, 3.05) is 0 Å². The Bertz CT molecular complexity index is 306. The second-order valence-corrected chi connectivity index (χ2v) is 4.74. The van der Waals surface area contributed by atoms with Crippen LogP contribution in [0.3, 0.4) is 0 Å². The topological polar surface area (TPSA) is 50.9 Å². The molecule has 3 N–H and O–H groups in total. The van der Waals surface area contributed by atoms with E-state index in [-0.39, 0.29) is 11.5 Å². The Hall–Kier alpha value is -0.640. The van der Waals surface area contributed by atoms with Gasteiger partial charge in [-0.2, -0.15) is 0 Å². The maximum atomic E-state index is 6.05. The number of hydrogen-bond acceptors (Lipinski definition) is 3. The van der Waals surface area contributed by atoms with Crippen molar-refractivity contribution in [3.63, 3.8) is 0 Å². The molecule has 0 spiro atoms. The molecular weight excluding hydrogens is 198 g/mol. The van der Waals surface area contributed by atoms with E-state index in [1.807, 2.05) is 12.1 Å². The molecule has 1 aromatic heterocycles. The van der Waals surface area contributed by atoms with E-state index in [0.29, 0.717) is 5.02 Å². The van der Waals surface area contributed by atoms with Crippen LogP contribution in [0, 0.1) is 5.41 Å². The second kappa shape index (κ2) is 4.26. The summed E-state index contributed by atoms with van der Waals surface area (Å²) in [5, 5.41) is 0.644. The van der Waals surface area contributed by atoms with Gasteiger partial charge >= 0.3 is 0 Å². The summed E-state index contributed by atoms with van der Waals surface area (Å²) in [5.41, 5.74) is 3.53. The van der Waals surface area contributed by atoms with E-state index in [9.17, 15) is 0 Å². The fraction of sp³-hybridized carbons (Fsp3) is 0.500. The quantitative estimate of drug-likeness (QED) is 0.586. The SMILES string of the molecule is CC(C)(C)C(NN)c1ncccc1Cl. The molecule has 0 aliphatic heterocycles. The molecule has 0 amide bonds. The van der Waals surface area contributed by atoms with Gasteiger partial charge in [-0.25, -0.2) is 0 Å². The van der Waals surface area contributed by atoms with Gasteiger partial charge in [0.25, 0.3) is 0 Å². The zero-order valence-corrected chi connectivity index (χ0v) is 9.47. The maximum absolute atomic E-state index is 6.05. The third-order valence-electron chi connectivity index (χ3n) is 2.09. The van der Waals surface area contributed by atoms with E-state index in [1.54, 1.807) is 6.20 Å². The lowest BCUT2D eigenvalue weighted by Crippen LogP contribution is -2.37. The molecule has 78 valence electrons. The normalized spacial score (nSPS) is 14.1. The third-order valence-corrected chi connectivity index (χ3v) is 2.41. The van der Waals surface area contributed by atoms with Crippen molar-refractivity contribution < 1.29 is 0 Å². The Morgan fingerprint density at radius 2 is 2.14 bits per heavy atom. The molecule has 0 aliphatic carbocycles. The fourth-order valence-electron chi connectivity index (χ4n) is 1.35. The first-order valence-electron chi connectivity index (χ1n) is 4.53. The van der Waals surface area contributed by atoms with Crippen LogP contribution in [-0.4, -0.2) is 4.98 Å². The third kappa shape index (κ3) is 2.44. The van der Waals surface area contributed by atoms with Crippen LogP contribution in [0.1, 0.15) is 32.5 Å². The highest BCUT2D eigenvalue weighted by Gasteiger charge is 2.27. The van der Waals surface area contributed by atoms with Crippen molar-refractivity contribution in [3.8, 4) is 0 Å². The summed E-state index contributed by atoms with van der Waals surface area (Å²) < 4.78 is 0. The van der Waals surface area contributed by atoms with Gasteiger partial charge in [0.2, 0.25) is 0 Å². The highest BCUT2D eigenvalue weighted by molar-refractivity contribution is 6.31. The van der Waals surface area contributed by atoms with Gasteiger partial charge in [0.15, 0.2) is 0 Å². The van der Waals surface area contributed by atoms with E-state index in [0.717, 1.165) is 5.69 Å². The first kappa shape index (κ1) is 11.4. The fourth-order valence-corrected chi connectivity index (χ4v) is 1.58. The number of nitrogens with one attached hydrogen (secondary N) is 1. The Labute approximate surface area is 89.6 Å². The summed E-state index contributed by atoms with van der Waals surface area (Å²) >= 11 is 6.05. The summed E-state index contributed by atoms with van der Waals surface area (Å²) in [6.45, 7) is 6.26. The molecule has 14 heavy (non-hydrogen) atoms. The summed E-state index contributed by atoms with van der Waals surface area (Å²) in [4.78, 5) is 4.24. The van der Waals surface area contributed by atoms with Gasteiger partial charge in [0.1, 0.15) is 0 Å². The van der Waals surface area contributed by atoms with Crippen LogP contribution >= 0.6 is 11.6 Å². The van der Waals surface area contributed by atoms with Crippen LogP contribution < -0.4 is 11.3 Å². The molecular formula is C10H16ClN3. The van der Waals surface area contributed by atoms with Crippen molar-refractivity contribution in [2.45, 2.75) is 26.8 Å². The molecule has 1 heterocycles. The summed E-state index contributed by atoms with van der Waals surface area (Å²) in [6.07, 6.45) is 1.72. The lowest BCUT2D eigenvalue weighted by Gasteiger charge is -2.29. The zero-order valence-electron chi connectivity index (χ0n) is 8.71. The minimum absolute atomic E-state index is 0.0211. The van der Waals surface area contributed by atoms with Crippen molar-refractivity contribution in [1.29, 1.82) is 0 Å². The van der Waals surface area contributed by atoms with Crippen molar-refractivity contribution >= 4 is 11.6 Å². The molecule has 0 fully saturated rings. The van der Waals surface area contributed by atoms with E-state index in [2.05, 4.69) is 31.2 Å². The highest BCUT2D eigenvalue weighted by atomic mass is 35.5. The molecule has 1 unspecified atom stereocenters. The number of aromatic nitrogens is 1. The standard InChI is InChI=1S/C10H16ClN3/c1-10(2,3)9(14-12)8-7(11)5-4-6-13-8/h4-6,9,14H,12H2,1-3H3. The maximum Gasteiger partial charge on any atom is 0.0777 e. The summed E-state index contributed by atoms with van der Waals surface area (Å²) in [7, 11) is 0. The molecule has 0 bridgehead atoms. The molecule has 3 nitrogen and oxygen atoms in total. The van der Waals surface area contributed by atoms with Crippen LogP contribution in [-0.2, 0) is 0 Å². The van der Waals surface area contributed by atoms with Crippen LogP contribution in [0.2, 0.25) is 5.02 Å². The molecule has 0 aliphatic rings. The smallest absolute Gasteiger partial charge is 0.0777 e. The van der Waals surface area contributed by atoms with Gasteiger partial charge in [0.05, 0.1) is 16.8 Å². The number of nitrogens with zero attached hydrogens (tertiary/aromatic N) is 1. The number of hydrogen-bond donors (Lipinski definition) is 2. The van der Waals surface area contributed by atoms with Crippen LogP contribution in [0.15, 0.2) is 18.3 Å². The van der Waals surface area contributed by atoms with Crippen LogP contribution in [0.5, 0.6) is 0 Å². The number of halogens is 1. The molecule has 0 aromatic carbocycles. The number of hydrazine groups is 1. The van der Waals surface area contributed by atoms with Crippen molar-refractivity contribution in [1.82, 2.24) is 10.4 Å². The number of pyridine rings is 1. The lowest BCUT2D eigenvalue weighted by molar-refractivity contribution is 0.270. The largest absolute Gasteiger partial charge is 0.271 e. The molecule has 1 aromatic rings. The minimum atomic E-state index is -0.0452. The number of rotatable bonds is 2. The second-order valence-electron chi connectivity index (χ2n) is 4.34. The zero-order chi connectivity index (χ0) is 10.8. The molecule has 1 rings (SSSR count). The summed E-state index contributed by atoms with van der Waals surface area (Å²) in [5.74, 6) is 5.51. The summed E-state index contributed by atoms with van der Waals surface area (Å²) in [6, 6.07) is 3.58. The Kier molecular flexibility index (Phi) is 3.48. The molecule has 1 atom stereocenters. The Morgan fingerprint density at radius 1 is 1.50 bits per heavy atom. The van der Waals surface area contributed by atoms with Crippen LogP contribution in [0.4, 0.5) is 0 Å². The molecule has 4 heteroatoms. The Balaban J connectivity index is 3.08. The minimum Gasteiger partial charge on any atom is -0.271 e. The van der Waals surface area contributed by atoms with Gasteiger partial charge in [-0.3, -0.25) is 16.3 Å². The van der Waals surface area contributed by atoms with Crippen LogP contribution in [0.25, 0.3) is 0 Å². The van der Waals surface area contributed by atoms with E-state index in [4.69, 9.17) is 17.4 Å². The number of nitrogens with two attached hydrogens (primary N) is 1. The molecule has 0 saturated heterocycles. The lowest BCUT2D eigenvalue weighted by atomic mass is 9.85. The van der Waals surface area contributed by atoms with Gasteiger partial charge in [-0.1, -0.05) is 32.4 Å². The molecule has 0 saturated carbocycles. The first-order valence-corrected chi connectivity index (χ1v) is 4.91. The predicted octanol–water partition coefficient (Wildman–Crippen LogP) is 2.29. The van der Waals surface area contributed by atoms with E-state index in [1.165, 1.54) is 0 Å². The van der Waals surface area contributed by atoms with Crippen molar-refractivity contribution in [2.24, 2.45) is 11.3 Å². The predicted molar refractivity (Wildman–Crippen MR) is 58.8 cm³/mol. The van der Waals surface area contributed by atoms with Gasteiger partial charge in [0, 0.05) is 6.20 Å². The monoisotopic (exact) mass is 213 g/mol.